The predicted molar refractivity (Wildman–Crippen MR) is 201 cm³/mol. The molecule has 17 nitrogen and oxygen atoms in total. The smallest absolute Gasteiger partial charge is 0.243 e. The van der Waals surface area contributed by atoms with Crippen molar-refractivity contribution in [1.82, 2.24) is 13.9 Å². The van der Waals surface area contributed by atoms with E-state index in [-0.39, 0.29) is 29.0 Å². The number of carbonyl (C=O) groups excluding carboxylic acids is 2. The van der Waals surface area contributed by atoms with Crippen LogP contribution >= 0.6 is 11.8 Å². The molecule has 0 spiro atoms. The van der Waals surface area contributed by atoms with Gasteiger partial charge in [0.25, 0.3) is 0 Å². The van der Waals surface area contributed by atoms with Gasteiger partial charge < -0.3 is 24.6 Å². The Kier molecular flexibility index (Phi) is 12.9. The van der Waals surface area contributed by atoms with E-state index in [9.17, 15) is 26.4 Å². The van der Waals surface area contributed by atoms with Crippen LogP contribution in [-0.4, -0.2) is 103 Å². The molecule has 0 fully saturated rings. The minimum atomic E-state index is -3.59. The summed E-state index contributed by atoms with van der Waals surface area (Å²) in [5.74, 6) is 0.858. The molecule has 2 aromatic carbocycles. The second kappa shape index (κ2) is 17.0. The number of nitrogens with zero attached hydrogens (tertiary/aromatic N) is 7. The summed E-state index contributed by atoms with van der Waals surface area (Å²) in [5.41, 5.74) is 11.9. The van der Waals surface area contributed by atoms with Crippen molar-refractivity contribution in [2.45, 2.75) is 50.3 Å². The summed E-state index contributed by atoms with van der Waals surface area (Å²) in [5, 5.41) is 8.32. The van der Waals surface area contributed by atoms with E-state index in [2.05, 4.69) is 32.2 Å². The summed E-state index contributed by atoms with van der Waals surface area (Å²) in [4.78, 5) is 27.2. The molecule has 0 saturated heterocycles. The van der Waals surface area contributed by atoms with E-state index in [4.69, 9.17) is 15.0 Å². The maximum atomic E-state index is 13.0. The van der Waals surface area contributed by atoms with Crippen LogP contribution in [0.4, 0.5) is 11.4 Å². The Morgan fingerprint density at radius 2 is 1.17 bits per heavy atom. The second-order valence-electron chi connectivity index (χ2n) is 13.0. The molecule has 0 unspecified atom stereocenters. The number of halogens is 1. The Hall–Kier alpha value is -4.27. The van der Waals surface area contributed by atoms with Gasteiger partial charge in [-0.15, -0.1) is 0 Å². The molecule has 20 heteroatoms. The van der Waals surface area contributed by atoms with E-state index >= 15 is 0 Å². The molecular weight excluding hydrogens is 762 g/mol. The van der Waals surface area contributed by atoms with Crippen molar-refractivity contribution in [2.75, 3.05) is 75.4 Å². The van der Waals surface area contributed by atoms with Crippen molar-refractivity contribution in [3.05, 3.63) is 58.7 Å². The van der Waals surface area contributed by atoms with Gasteiger partial charge in [-0.1, -0.05) is 23.2 Å². The molecule has 5 heterocycles. The fraction of sp³-hybridized carbons (Fsp3) is 0.471. The maximum absolute atomic E-state index is 13.0. The Labute approximate surface area is 320 Å². The van der Waals surface area contributed by atoms with Crippen molar-refractivity contribution < 1.29 is 35.9 Å². The number of nitrogens with one attached hydrogen (secondary N) is 2. The Morgan fingerprint density at radius 3 is 1.54 bits per heavy atom. The number of benzene rings is 2. The lowest BCUT2D eigenvalue weighted by Gasteiger charge is -2.29. The average molecular weight is 806 g/mol. The van der Waals surface area contributed by atoms with Crippen molar-refractivity contribution in [1.29, 1.82) is 5.53 Å². The van der Waals surface area contributed by atoms with E-state index in [1.54, 1.807) is 50.5 Å². The zero-order valence-electron chi connectivity index (χ0n) is 29.2. The molecule has 0 radical (unpaired) electrons. The molecule has 0 bridgehead atoms. The third kappa shape index (κ3) is 8.35. The fourth-order valence-electron chi connectivity index (χ4n) is 7.19. The topological polar surface area (TPSA) is 207 Å². The van der Waals surface area contributed by atoms with Crippen LogP contribution in [0, 0.1) is 5.53 Å². The number of hydrogen-bond acceptors (Lipinski definition) is 11. The van der Waals surface area contributed by atoms with Crippen LogP contribution in [0.1, 0.15) is 40.5 Å². The summed E-state index contributed by atoms with van der Waals surface area (Å²) in [6.45, 7) is 8.05. The van der Waals surface area contributed by atoms with Gasteiger partial charge in [-0.2, -0.15) is 14.1 Å². The predicted octanol–water partition coefficient (Wildman–Crippen LogP) is 4.43. The number of amides is 2. The van der Waals surface area contributed by atoms with E-state index < -0.39 is 20.0 Å². The Morgan fingerprint density at radius 1 is 0.741 bits per heavy atom. The van der Waals surface area contributed by atoms with Gasteiger partial charge in [0.05, 0.1) is 46.0 Å². The lowest BCUT2D eigenvalue weighted by molar-refractivity contribution is -0.117. The van der Waals surface area contributed by atoms with Crippen LogP contribution in [-0.2, 0) is 29.6 Å². The Balaban J connectivity index is 0.000000182. The molecule has 0 saturated carbocycles. The van der Waals surface area contributed by atoms with E-state index in [0.29, 0.717) is 75.4 Å². The van der Waals surface area contributed by atoms with Gasteiger partial charge in [0.15, 0.2) is 0 Å². The number of anilines is 2. The summed E-state index contributed by atoms with van der Waals surface area (Å²) in [7, 11) is -7.16. The highest BCUT2D eigenvalue weighted by Crippen LogP contribution is 2.39. The monoisotopic (exact) mass is 805 g/mol. The van der Waals surface area contributed by atoms with Crippen LogP contribution in [0.3, 0.4) is 0 Å². The Bertz CT molecular complexity index is 1950. The van der Waals surface area contributed by atoms with E-state index in [0.717, 1.165) is 32.4 Å². The standard InChI is InChI=1S/C17H20N2O4S.C16H19N3O4S.CH4.ClHN4/c1-12(20)19-7-8-23-17-6-5-15(9-16(17)19)24(21,22)18-10-13-3-2-4-14(13)11-18;1-11(20)19-4-5-23-16-3-2-14(6-15(16)19)24(21,22)18-9-12-7-17-8-13(12)10-18;;1-3-5-4-2/h5-6,9H,2-4,7-8,10-11H2,1H3;2-3,6,17H,4-5,7-10H2,1H3;1H4;2H. The second-order valence-corrected chi connectivity index (χ2v) is 17.0. The zero-order valence-corrected chi connectivity index (χ0v) is 31.6. The molecule has 1 aliphatic carbocycles. The van der Waals surface area contributed by atoms with Crippen LogP contribution in [0.25, 0.3) is 0 Å². The minimum Gasteiger partial charge on any atom is -0.490 e. The summed E-state index contributed by atoms with van der Waals surface area (Å²) >= 11 is 4.55. The first-order chi connectivity index (χ1) is 25.3. The highest BCUT2D eigenvalue weighted by atomic mass is 35.5. The lowest BCUT2D eigenvalue weighted by atomic mass is 10.2. The fourth-order valence-corrected chi connectivity index (χ4v) is 10.1. The number of ether oxygens (including phenoxy) is 2. The quantitative estimate of drug-likeness (QED) is 0.249. The first-order valence-corrected chi connectivity index (χ1v) is 20.1. The van der Waals surface area contributed by atoms with Gasteiger partial charge in [0, 0.05) is 53.1 Å². The van der Waals surface area contributed by atoms with Gasteiger partial charge in [0.1, 0.15) is 24.7 Å². The van der Waals surface area contributed by atoms with Crippen molar-refractivity contribution in [2.24, 2.45) is 15.1 Å². The number of carbonyl (C=O) groups is 2. The number of fused-ring (bicyclic) bond motifs is 2. The average Bonchev–Trinajstić information content (AvgIpc) is 3.94. The molecule has 2 amide bonds. The first-order valence-electron chi connectivity index (χ1n) is 16.9. The lowest BCUT2D eigenvalue weighted by Crippen LogP contribution is -2.37. The van der Waals surface area contributed by atoms with Crippen LogP contribution in [0.2, 0.25) is 0 Å². The van der Waals surface area contributed by atoms with Crippen molar-refractivity contribution in [3.63, 3.8) is 0 Å². The summed E-state index contributed by atoms with van der Waals surface area (Å²) < 4.78 is 68.6. The van der Waals surface area contributed by atoms with E-state index in [1.165, 1.54) is 40.4 Å². The molecule has 6 aliphatic rings. The number of sulfonamides is 2. The van der Waals surface area contributed by atoms with Crippen molar-refractivity contribution in [3.8, 4) is 11.5 Å². The molecule has 5 aliphatic heterocycles. The molecular formula is C34H44ClN9O8S2. The van der Waals surface area contributed by atoms with E-state index in [1.807, 2.05) is 0 Å². The molecule has 2 N–H and O–H groups in total. The van der Waals surface area contributed by atoms with Gasteiger partial charge in [-0.05, 0) is 77.3 Å². The summed E-state index contributed by atoms with van der Waals surface area (Å²) in [6, 6.07) is 9.52. The number of hydrogen-bond donors (Lipinski definition) is 2. The van der Waals surface area contributed by atoms with Gasteiger partial charge in [0.2, 0.25) is 31.9 Å². The molecule has 0 aromatic heterocycles. The van der Waals surface area contributed by atoms with Gasteiger partial charge in [-0.3, -0.25) is 9.59 Å². The third-order valence-electron chi connectivity index (χ3n) is 9.80. The molecule has 8 rings (SSSR count). The molecule has 0 atom stereocenters. The normalized spacial score (nSPS) is 19.3. The van der Waals surface area contributed by atoms with Crippen LogP contribution < -0.4 is 24.6 Å². The molecule has 54 heavy (non-hydrogen) atoms. The molecule has 2 aromatic rings. The maximum Gasteiger partial charge on any atom is 0.243 e. The van der Waals surface area contributed by atoms with Crippen LogP contribution in [0.5, 0.6) is 11.5 Å². The zero-order chi connectivity index (χ0) is 37.9. The van der Waals surface area contributed by atoms with Crippen molar-refractivity contribution >= 4 is 55.0 Å². The highest BCUT2D eigenvalue weighted by molar-refractivity contribution is 7.89. The number of rotatable bonds is 5. The third-order valence-corrected chi connectivity index (χ3v) is 13.4. The van der Waals surface area contributed by atoms with Gasteiger partial charge in [-0.25, -0.2) is 16.8 Å². The largest absolute Gasteiger partial charge is 0.490 e. The summed E-state index contributed by atoms with van der Waals surface area (Å²) in [6.07, 6.45) is 3.16. The highest BCUT2D eigenvalue weighted by Gasteiger charge is 2.36. The first kappa shape index (κ1) is 40.9. The van der Waals surface area contributed by atoms with Gasteiger partial charge >= 0.3 is 0 Å². The SMILES string of the molecule is C.CC(=O)N1CCOc2ccc(S(=O)(=O)N3CC4=C(CCC4)C3)cc21.CC(=O)N1CCOc2ccc(S(=O)(=O)N3CC4=C(CNC4)C3)cc21.N=NN=NCl. The molecule has 292 valence electrons. The minimum absolute atomic E-state index is 0. The van der Waals surface area contributed by atoms with Crippen LogP contribution in [0.15, 0.2) is 83.6 Å².